The molecule has 4 amide bonds. The summed E-state index contributed by atoms with van der Waals surface area (Å²) in [5, 5.41) is 9.78. The van der Waals surface area contributed by atoms with E-state index in [4.69, 9.17) is 66.3 Å². The molecule has 828 valence electrons. The van der Waals surface area contributed by atoms with E-state index in [2.05, 4.69) is 146 Å². The number of benzene rings is 7. The molecule has 0 aliphatic carbocycles. The van der Waals surface area contributed by atoms with Gasteiger partial charge in [0.15, 0.2) is 0 Å². The van der Waals surface area contributed by atoms with Crippen LogP contribution in [0, 0.1) is 12.3 Å². The molecular formula is C118H181N5O22S3. The number of carbonyl (C=O) groups excluding carboxylic acids is 6. The maximum atomic E-state index is 12.1. The van der Waals surface area contributed by atoms with Gasteiger partial charge in [0.2, 0.25) is 11.8 Å². The number of hydrogen-bond donors (Lipinski definition) is 2. The average Bonchev–Trinajstić information content (AvgIpc) is 0.995. The number of aromatic nitrogens is 2. The van der Waals surface area contributed by atoms with Crippen molar-refractivity contribution < 1.29 is 105 Å². The third kappa shape index (κ3) is 62.1. The average molecular weight is 2120 g/mol. The van der Waals surface area contributed by atoms with Crippen LogP contribution in [0.5, 0.6) is 0 Å². The highest BCUT2D eigenvalue weighted by molar-refractivity contribution is 7.99. The zero-order valence-corrected chi connectivity index (χ0v) is 96.0. The number of allylic oxidation sites excluding steroid dienone is 1. The van der Waals surface area contributed by atoms with Gasteiger partial charge in [-0.3, -0.25) is 38.7 Å². The van der Waals surface area contributed by atoms with Gasteiger partial charge in [0.1, 0.15) is 6.61 Å². The lowest BCUT2D eigenvalue weighted by Crippen LogP contribution is -2.39. The van der Waals surface area contributed by atoms with Crippen molar-refractivity contribution >= 4 is 120 Å². The molecule has 0 spiro atoms. The Kier molecular flexibility index (Phi) is 83.0. The van der Waals surface area contributed by atoms with Gasteiger partial charge in [0, 0.05) is 225 Å². The molecule has 10 rings (SSSR count). The Hall–Kier alpha value is -9.00. The number of nitrogens with one attached hydrogen (secondary N) is 2. The van der Waals surface area contributed by atoms with E-state index in [-0.39, 0.29) is 53.9 Å². The minimum atomic E-state index is -0.454. The number of aryl methyl sites for hydroxylation is 3. The summed E-state index contributed by atoms with van der Waals surface area (Å²) >= 11 is 5.50. The lowest BCUT2D eigenvalue weighted by molar-refractivity contribution is -0.149. The number of ether oxygens (including phenoxy) is 16. The number of methoxy groups -OCH3 is 15. The number of fused-ring (bicyclic) bond motifs is 3. The zero-order valence-electron chi connectivity index (χ0n) is 93.6. The molecule has 2 N–H and O–H groups in total. The molecule has 0 saturated heterocycles. The summed E-state index contributed by atoms with van der Waals surface area (Å²) in [5.41, 5.74) is 12.6. The van der Waals surface area contributed by atoms with Gasteiger partial charge >= 0.3 is 11.9 Å². The van der Waals surface area contributed by atoms with Gasteiger partial charge in [-0.15, -0.1) is 0 Å². The molecule has 0 bridgehead atoms. The van der Waals surface area contributed by atoms with Crippen molar-refractivity contribution in [2.24, 2.45) is 5.41 Å². The summed E-state index contributed by atoms with van der Waals surface area (Å²) in [5.74, 6) is 4.81. The molecule has 1 aliphatic heterocycles. The second-order valence-corrected chi connectivity index (χ2v) is 38.8. The molecule has 9 aromatic rings. The molecule has 30 heteroatoms. The molecule has 148 heavy (non-hydrogen) atoms. The smallest absolute Gasteiger partial charge is 0.312 e. The Balaban J connectivity index is 0.000000838. The summed E-state index contributed by atoms with van der Waals surface area (Å²) in [6.07, 6.45) is 23.3. The molecule has 3 atom stereocenters. The highest BCUT2D eigenvalue weighted by Gasteiger charge is 2.32. The monoisotopic (exact) mass is 2120 g/mol. The second-order valence-electron chi connectivity index (χ2n) is 35.5. The maximum absolute atomic E-state index is 12.1. The molecule has 27 nitrogen and oxygen atoms in total. The van der Waals surface area contributed by atoms with E-state index < -0.39 is 5.41 Å². The van der Waals surface area contributed by atoms with Gasteiger partial charge in [-0.1, -0.05) is 230 Å². The normalized spacial score (nSPS) is 11.7. The number of esters is 2. The van der Waals surface area contributed by atoms with Crippen LogP contribution in [0.25, 0.3) is 38.2 Å². The molecular weight excluding hydrogens is 1940 g/mol. The summed E-state index contributed by atoms with van der Waals surface area (Å²) < 4.78 is 82.0. The Morgan fingerprint density at radius 3 is 1.30 bits per heavy atom. The third-order valence-electron chi connectivity index (χ3n) is 22.6. The Bertz CT molecular complexity index is 4800. The minimum Gasteiger partial charge on any atom is -0.469 e. The van der Waals surface area contributed by atoms with Crippen molar-refractivity contribution in [2.45, 2.75) is 216 Å². The van der Waals surface area contributed by atoms with Crippen LogP contribution < -0.4 is 10.6 Å². The SMILES string of the molecule is C=C(C)c1ccc(COC)cc1.CC(=O)Nc1ccc(NC(C)=O)c(C)c1.CCCCCCCCCCCCCCCCCC(=O)OCCOC.CCN1C(=O)c2cccc3cccc(c23)C1=O.COCC(CSCC(C)(C)C(=O)OC)OC.COCC(CSCCc1ccccc1)OC.COCC(CSCCn1c2ccccc2c2ccccc21)OC.COCCCOC.COCCOC.COCc1cccc(COC)n1. The number of thioether (sulfide) groups is 3. The van der Waals surface area contributed by atoms with E-state index in [1.165, 1.54) is 148 Å². The Morgan fingerprint density at radius 2 is 0.872 bits per heavy atom. The highest BCUT2D eigenvalue weighted by Crippen LogP contribution is 2.32. The Morgan fingerprint density at radius 1 is 0.432 bits per heavy atom. The van der Waals surface area contributed by atoms with Crippen molar-refractivity contribution in [1.29, 1.82) is 0 Å². The fourth-order valence-corrected chi connectivity index (χ4v) is 18.0. The van der Waals surface area contributed by atoms with Crippen LogP contribution >= 0.6 is 35.3 Å². The van der Waals surface area contributed by atoms with E-state index in [1.54, 1.807) is 136 Å². The first-order chi connectivity index (χ1) is 71.6. The summed E-state index contributed by atoms with van der Waals surface area (Å²) in [4.78, 5) is 74.3. The minimum absolute atomic E-state index is 0.0726. The molecule has 0 saturated carbocycles. The molecule has 3 unspecified atom stereocenters. The summed E-state index contributed by atoms with van der Waals surface area (Å²) in [6.45, 7) is 27.4. The van der Waals surface area contributed by atoms with Crippen LogP contribution in [0.4, 0.5) is 11.4 Å². The van der Waals surface area contributed by atoms with E-state index in [1.807, 2.05) is 107 Å². The van der Waals surface area contributed by atoms with Gasteiger partial charge < -0.3 is 91.0 Å². The molecule has 2 aromatic heterocycles. The number of unbranched alkanes of at least 4 members (excludes halogenated alkanes) is 14. The number of anilines is 2. The fourth-order valence-electron chi connectivity index (χ4n) is 14.7. The zero-order chi connectivity index (χ0) is 110. The van der Waals surface area contributed by atoms with Crippen LogP contribution in [-0.4, -0.2) is 276 Å². The van der Waals surface area contributed by atoms with Crippen molar-refractivity contribution in [2.75, 3.05) is 218 Å². The van der Waals surface area contributed by atoms with Crippen LogP contribution in [0.3, 0.4) is 0 Å². The van der Waals surface area contributed by atoms with Gasteiger partial charge in [-0.05, 0) is 142 Å². The summed E-state index contributed by atoms with van der Waals surface area (Å²) in [6, 6.07) is 58.4. The first-order valence-corrected chi connectivity index (χ1v) is 54.8. The van der Waals surface area contributed by atoms with Crippen LogP contribution in [0.2, 0.25) is 0 Å². The predicted octanol–water partition coefficient (Wildman–Crippen LogP) is 24.4. The van der Waals surface area contributed by atoms with Gasteiger partial charge in [0.25, 0.3) is 11.8 Å². The van der Waals surface area contributed by atoms with E-state index in [0.717, 1.165) is 119 Å². The number of carbonyl (C=O) groups is 6. The maximum Gasteiger partial charge on any atom is 0.312 e. The lowest BCUT2D eigenvalue weighted by atomic mass is 9.94. The van der Waals surface area contributed by atoms with Crippen LogP contribution in [0.15, 0.2) is 183 Å². The molecule has 0 radical (unpaired) electrons. The number of imide groups is 1. The van der Waals surface area contributed by atoms with E-state index >= 15 is 0 Å². The van der Waals surface area contributed by atoms with Crippen LogP contribution in [-0.2, 0) is 128 Å². The second kappa shape index (κ2) is 89.6. The number of nitrogens with zero attached hydrogens (tertiary/aromatic N) is 3. The third-order valence-corrected chi connectivity index (χ3v) is 26.4. The molecule has 0 fully saturated rings. The highest BCUT2D eigenvalue weighted by atomic mass is 32.2. The number of rotatable bonds is 60. The van der Waals surface area contributed by atoms with Gasteiger partial charge in [-0.25, -0.2) is 0 Å². The van der Waals surface area contributed by atoms with Crippen LogP contribution in [0.1, 0.15) is 212 Å². The summed E-state index contributed by atoms with van der Waals surface area (Å²) in [7, 11) is 24.9. The largest absolute Gasteiger partial charge is 0.469 e. The van der Waals surface area contributed by atoms with E-state index in [9.17, 15) is 28.8 Å². The van der Waals surface area contributed by atoms with E-state index in [0.29, 0.717) is 95.9 Å². The lowest BCUT2D eigenvalue weighted by Gasteiger charge is -2.25. The molecule has 7 aromatic carbocycles. The fraction of sp³-hybridized carbons (Fsp3) is 0.551. The van der Waals surface area contributed by atoms with Crippen molar-refractivity contribution in [3.8, 4) is 0 Å². The topological polar surface area (TPSA) is 295 Å². The standard InChI is InChI=1S/C21H42O3.C19H23NO2S.C14H11NO2.C13H20O2S.C11H14N2O2.C11H22O4S.C11H14O.C9H13NO2.C5H12O2.C4H10O2/c1-3-4-5-6-7-8-9-10-11-12-13-14-15-16-17-18-21(22)24-20-19-23-2;1-21-13-15(22-2)14-23-12-11-20-18-9-5-3-7-16(18)17-8-4-6-10-19(17)20;1-2-15-13(16)10-7-3-5-9-6-4-8-11(12(9)10)14(15)17;1-14-10-13(15-2)11-16-9-8-12-6-4-3-5-7-12;1-7-6-10(12-8(2)14)4-5-11(7)13-9(3)15;1-11(2,10(12)15-5)8-16-7-9(14-4)6-13-3;1-9(2)11-6-4-10(5-7-11)8-12-3;1-11-6-8-4-3-5-9(10-8)7-12-2;1-6-4-3-5-7-2;1-5-3-4-6-2/h3-20H2,1-2H3;3-10,15H,11-14H2,1-2H3;3-8H,2H2,1H3;3-7,13H,8-11H2,1-2H3;4-6H,1-3H3,(H,12,14)(H,13,15);9H,6-8H2,1-5H3;4-7H,1,8H2,2-3H3;3-5H,6-7H2,1-2H3;3-5H2,1-2H3;3-4H2,1-2H3. The predicted molar refractivity (Wildman–Crippen MR) is 612 cm³/mol. The number of hydrogen-bond acceptors (Lipinski definition) is 26. The first kappa shape index (κ1) is 137. The number of amides is 4. The molecule has 1 aliphatic rings. The van der Waals surface area contributed by atoms with Crippen molar-refractivity contribution in [3.05, 3.63) is 227 Å². The van der Waals surface area contributed by atoms with Crippen molar-refractivity contribution in [3.63, 3.8) is 0 Å². The Labute approximate surface area is 899 Å². The van der Waals surface area contributed by atoms with Gasteiger partial charge in [0.05, 0.1) is 102 Å². The number of pyridine rings is 1. The first-order valence-electron chi connectivity index (χ1n) is 51.3. The van der Waals surface area contributed by atoms with Gasteiger partial charge in [-0.2, -0.15) is 35.3 Å². The van der Waals surface area contributed by atoms with Crippen molar-refractivity contribution in [1.82, 2.24) is 14.5 Å². The number of para-hydroxylation sites is 2. The quantitative estimate of drug-likeness (QED) is 0.0203. The molecule has 3 heterocycles.